The topological polar surface area (TPSA) is 69.0 Å². The van der Waals surface area contributed by atoms with Crippen molar-refractivity contribution in [2.75, 3.05) is 11.9 Å². The van der Waals surface area contributed by atoms with Crippen molar-refractivity contribution in [2.45, 2.75) is 33.1 Å². The molecule has 0 aliphatic carbocycles. The molecule has 1 amide bonds. The second kappa shape index (κ2) is 9.09. The molecule has 1 heterocycles. The molecule has 6 nitrogen and oxygen atoms in total. The minimum Gasteiger partial charge on any atom is -0.462 e. The van der Waals surface area contributed by atoms with Crippen LogP contribution in [0.5, 0.6) is 6.01 Å². The van der Waals surface area contributed by atoms with Gasteiger partial charge in [-0.05, 0) is 44.0 Å². The maximum Gasteiger partial charge on any atom is 0.336 e. The normalized spacial score (nSPS) is 12.1. The van der Waals surface area contributed by atoms with Crippen LogP contribution in [0.15, 0.2) is 48.5 Å². The van der Waals surface area contributed by atoms with Crippen molar-refractivity contribution < 1.29 is 9.53 Å². The summed E-state index contributed by atoms with van der Waals surface area (Å²) in [5.41, 5.74) is 3.59. The van der Waals surface area contributed by atoms with Crippen LogP contribution in [0.3, 0.4) is 0 Å². The zero-order valence-corrected chi connectivity index (χ0v) is 17.8. The lowest BCUT2D eigenvalue weighted by atomic mass is 10.1. The molecule has 1 unspecified atom stereocenters. The molecule has 0 aliphatic rings. The van der Waals surface area contributed by atoms with E-state index in [0.717, 1.165) is 11.3 Å². The van der Waals surface area contributed by atoms with Gasteiger partial charge in [-0.25, -0.2) is 4.68 Å². The molecule has 152 valence electrons. The number of nitrogens with one attached hydrogen (secondary N) is 1. The number of nitrogens with zero attached hydrogens (tertiary/aromatic N) is 3. The molecule has 7 heteroatoms. The maximum absolute atomic E-state index is 11.8. The van der Waals surface area contributed by atoms with E-state index in [2.05, 4.69) is 29.2 Å². The highest BCUT2D eigenvalue weighted by Gasteiger charge is 2.16. The number of hydrogen-bond acceptors (Lipinski definition) is 4. The standard InChI is InChI=1S/C22H25ClN4O2/c1-14(2)13-29-22-25-20(17-7-5-15(3)6-8-17)27(26-22)19-11-9-18(10-12-19)24-21(28)16(4)23/h5-12,14,16H,13H2,1-4H3,(H,24,28). The van der Waals surface area contributed by atoms with E-state index in [1.165, 1.54) is 5.56 Å². The lowest BCUT2D eigenvalue weighted by Crippen LogP contribution is -2.20. The number of aryl methyl sites for hydroxylation is 1. The average molecular weight is 413 g/mol. The third kappa shape index (κ3) is 5.35. The van der Waals surface area contributed by atoms with Crippen LogP contribution in [0.25, 0.3) is 17.1 Å². The molecule has 29 heavy (non-hydrogen) atoms. The summed E-state index contributed by atoms with van der Waals surface area (Å²) in [5, 5.41) is 6.72. The van der Waals surface area contributed by atoms with Gasteiger partial charge in [-0.2, -0.15) is 4.98 Å². The number of rotatable bonds is 7. The van der Waals surface area contributed by atoms with Gasteiger partial charge in [-0.1, -0.05) is 43.7 Å². The number of ether oxygens (including phenoxy) is 1. The quantitative estimate of drug-likeness (QED) is 0.563. The number of anilines is 1. The van der Waals surface area contributed by atoms with Crippen molar-refractivity contribution in [3.63, 3.8) is 0 Å². The third-order valence-corrected chi connectivity index (χ3v) is 4.38. The molecule has 1 aromatic heterocycles. The number of halogens is 1. The van der Waals surface area contributed by atoms with E-state index in [9.17, 15) is 4.79 Å². The van der Waals surface area contributed by atoms with Crippen molar-refractivity contribution in [1.29, 1.82) is 0 Å². The van der Waals surface area contributed by atoms with Crippen LogP contribution in [0.4, 0.5) is 5.69 Å². The Morgan fingerprint density at radius 2 is 1.76 bits per heavy atom. The van der Waals surface area contributed by atoms with E-state index in [1.54, 1.807) is 11.6 Å². The van der Waals surface area contributed by atoms with Gasteiger partial charge in [0.15, 0.2) is 5.82 Å². The van der Waals surface area contributed by atoms with E-state index in [4.69, 9.17) is 16.3 Å². The Kier molecular flexibility index (Phi) is 6.54. The highest BCUT2D eigenvalue weighted by molar-refractivity contribution is 6.32. The second-order valence-corrected chi connectivity index (χ2v) is 8.01. The fraction of sp³-hybridized carbons (Fsp3) is 0.318. The summed E-state index contributed by atoms with van der Waals surface area (Å²) in [7, 11) is 0. The van der Waals surface area contributed by atoms with Gasteiger partial charge in [0.2, 0.25) is 5.91 Å². The first-order chi connectivity index (χ1) is 13.8. The van der Waals surface area contributed by atoms with E-state index in [0.29, 0.717) is 30.0 Å². The summed E-state index contributed by atoms with van der Waals surface area (Å²) < 4.78 is 7.49. The zero-order valence-electron chi connectivity index (χ0n) is 17.0. The van der Waals surface area contributed by atoms with Gasteiger partial charge in [-0.15, -0.1) is 16.7 Å². The number of benzene rings is 2. The molecule has 0 spiro atoms. The summed E-state index contributed by atoms with van der Waals surface area (Å²) in [6.45, 7) is 8.37. The Balaban J connectivity index is 1.93. The van der Waals surface area contributed by atoms with Crippen molar-refractivity contribution in [3.05, 3.63) is 54.1 Å². The second-order valence-electron chi connectivity index (χ2n) is 7.35. The molecule has 0 fully saturated rings. The van der Waals surface area contributed by atoms with Crippen molar-refractivity contribution >= 4 is 23.2 Å². The average Bonchev–Trinajstić information content (AvgIpc) is 3.11. The lowest BCUT2D eigenvalue weighted by molar-refractivity contribution is -0.115. The molecule has 1 N–H and O–H groups in total. The Morgan fingerprint density at radius 1 is 1.10 bits per heavy atom. The first-order valence-electron chi connectivity index (χ1n) is 9.55. The minimum atomic E-state index is -0.598. The maximum atomic E-state index is 11.8. The third-order valence-electron chi connectivity index (χ3n) is 4.18. The summed E-state index contributed by atoms with van der Waals surface area (Å²) >= 11 is 5.81. The van der Waals surface area contributed by atoms with Gasteiger partial charge in [0.1, 0.15) is 5.38 Å². The lowest BCUT2D eigenvalue weighted by Gasteiger charge is -2.09. The van der Waals surface area contributed by atoms with Crippen LogP contribution >= 0.6 is 11.6 Å². The Morgan fingerprint density at radius 3 is 2.34 bits per heavy atom. The van der Waals surface area contributed by atoms with Gasteiger partial charge in [-0.3, -0.25) is 4.79 Å². The molecule has 0 saturated heterocycles. The summed E-state index contributed by atoms with van der Waals surface area (Å²) in [6.07, 6.45) is 0. The van der Waals surface area contributed by atoms with E-state index < -0.39 is 5.38 Å². The van der Waals surface area contributed by atoms with E-state index >= 15 is 0 Å². The largest absolute Gasteiger partial charge is 0.462 e. The highest BCUT2D eigenvalue weighted by Crippen LogP contribution is 2.25. The molecule has 3 aromatic rings. The minimum absolute atomic E-state index is 0.245. The van der Waals surface area contributed by atoms with Crippen molar-refractivity contribution in [3.8, 4) is 23.1 Å². The Labute approximate surface area is 175 Å². The fourth-order valence-corrected chi connectivity index (χ4v) is 2.65. The van der Waals surface area contributed by atoms with Crippen LogP contribution in [0, 0.1) is 12.8 Å². The van der Waals surface area contributed by atoms with Crippen LogP contribution in [-0.4, -0.2) is 32.7 Å². The van der Waals surface area contributed by atoms with E-state index in [-0.39, 0.29) is 5.91 Å². The molecular weight excluding hydrogens is 388 g/mol. The number of hydrogen-bond donors (Lipinski definition) is 1. The predicted molar refractivity (Wildman–Crippen MR) is 116 cm³/mol. The van der Waals surface area contributed by atoms with Crippen LogP contribution in [0.1, 0.15) is 26.3 Å². The van der Waals surface area contributed by atoms with E-state index in [1.807, 2.05) is 55.5 Å². The zero-order chi connectivity index (χ0) is 21.0. The molecule has 2 aromatic carbocycles. The SMILES string of the molecule is Cc1ccc(-c2nc(OCC(C)C)nn2-c2ccc(NC(=O)C(C)Cl)cc2)cc1. The van der Waals surface area contributed by atoms with Gasteiger partial charge >= 0.3 is 6.01 Å². The smallest absolute Gasteiger partial charge is 0.336 e. The summed E-state index contributed by atoms with van der Waals surface area (Å²) in [5.74, 6) is 0.816. The fourth-order valence-electron chi connectivity index (χ4n) is 2.59. The highest BCUT2D eigenvalue weighted by atomic mass is 35.5. The predicted octanol–water partition coefficient (Wildman–Crippen LogP) is 4.84. The molecule has 0 bridgehead atoms. The van der Waals surface area contributed by atoms with Crippen molar-refractivity contribution in [1.82, 2.24) is 14.8 Å². The van der Waals surface area contributed by atoms with Crippen LogP contribution in [0.2, 0.25) is 0 Å². The Hall–Kier alpha value is -2.86. The van der Waals surface area contributed by atoms with Crippen molar-refractivity contribution in [2.24, 2.45) is 5.92 Å². The molecular formula is C22H25ClN4O2. The van der Waals surface area contributed by atoms with Gasteiger partial charge in [0.05, 0.1) is 12.3 Å². The van der Waals surface area contributed by atoms with Crippen LogP contribution in [-0.2, 0) is 4.79 Å². The monoisotopic (exact) mass is 412 g/mol. The molecule has 0 aliphatic heterocycles. The number of carbonyl (C=O) groups excluding carboxylic acids is 1. The number of aromatic nitrogens is 3. The number of alkyl halides is 1. The molecule has 1 atom stereocenters. The van der Waals surface area contributed by atoms with Crippen LogP contribution < -0.4 is 10.1 Å². The number of carbonyl (C=O) groups is 1. The number of amides is 1. The molecule has 0 radical (unpaired) electrons. The first kappa shape index (κ1) is 20.9. The summed E-state index contributed by atoms with van der Waals surface area (Å²) in [6, 6.07) is 15.8. The van der Waals surface area contributed by atoms with Gasteiger partial charge in [0.25, 0.3) is 0 Å². The van der Waals surface area contributed by atoms with Gasteiger partial charge in [0, 0.05) is 11.3 Å². The molecule has 3 rings (SSSR count). The molecule has 0 saturated carbocycles. The summed E-state index contributed by atoms with van der Waals surface area (Å²) in [4.78, 5) is 16.4. The van der Waals surface area contributed by atoms with Gasteiger partial charge < -0.3 is 10.1 Å². The Bertz CT molecular complexity index is 963. The first-order valence-corrected chi connectivity index (χ1v) is 9.99.